The van der Waals surface area contributed by atoms with Gasteiger partial charge in [0.05, 0.1) is 0 Å². The number of pyridine rings is 1. The number of carbonyl (C=O) groups is 1. The molecule has 2 aromatic rings. The molecule has 0 aromatic carbocycles. The van der Waals surface area contributed by atoms with Gasteiger partial charge in [-0.1, -0.05) is 0 Å². The fourth-order valence-corrected chi connectivity index (χ4v) is 3.10. The van der Waals surface area contributed by atoms with Crippen molar-refractivity contribution in [2.24, 2.45) is 0 Å². The topological polar surface area (TPSA) is 52.1 Å². The van der Waals surface area contributed by atoms with Crippen LogP contribution in [0.1, 0.15) is 15.5 Å². The van der Waals surface area contributed by atoms with Gasteiger partial charge in [0.15, 0.2) is 0 Å². The quantitative estimate of drug-likeness (QED) is 0.591. The van der Waals surface area contributed by atoms with Crippen molar-refractivity contribution >= 4 is 61.7 Å². The van der Waals surface area contributed by atoms with Gasteiger partial charge in [0.25, 0.3) is 0 Å². The van der Waals surface area contributed by atoms with Crippen LogP contribution in [0.25, 0.3) is 11.4 Å². The van der Waals surface area contributed by atoms with Gasteiger partial charge in [-0.25, -0.2) is 0 Å². The molecule has 2 heterocycles. The van der Waals surface area contributed by atoms with Crippen LogP contribution < -0.4 is 4.35 Å². The second-order valence-corrected chi connectivity index (χ2v) is 6.62. The van der Waals surface area contributed by atoms with E-state index < -0.39 is 5.97 Å². The fraction of sp³-hybridized carbons (Fsp3) is 0.182. The Balaban J connectivity index is 2.68. The van der Waals surface area contributed by atoms with Crippen LogP contribution in [0.3, 0.4) is 0 Å². The summed E-state index contributed by atoms with van der Waals surface area (Å²) in [5.74, 6) is -0.589. The molecule has 1 atom stereocenters. The summed E-state index contributed by atoms with van der Waals surface area (Å²) in [5.41, 5.74) is 1.15. The van der Waals surface area contributed by atoms with E-state index in [2.05, 4.69) is 14.7 Å². The molecule has 1 unspecified atom stereocenters. The summed E-state index contributed by atoms with van der Waals surface area (Å²) in [5, 5.41) is 3.38. The van der Waals surface area contributed by atoms with Crippen LogP contribution in [0.15, 0.2) is 5.38 Å². The van der Waals surface area contributed by atoms with Crippen molar-refractivity contribution in [3.8, 4) is 11.4 Å². The third kappa shape index (κ3) is 2.79. The average molecular weight is 379 g/mol. The molecule has 4 nitrogen and oxygen atoms in total. The zero-order valence-corrected chi connectivity index (χ0v) is 14.8. The zero-order chi connectivity index (χ0) is 14.2. The van der Waals surface area contributed by atoms with E-state index in [1.165, 1.54) is 35.3 Å². The molecule has 8 heteroatoms. The van der Waals surface area contributed by atoms with E-state index in [1.54, 1.807) is 0 Å². The molecule has 0 bridgehead atoms. The molecule has 0 saturated carbocycles. The first-order valence-electron chi connectivity index (χ1n) is 5.11. The maximum absolute atomic E-state index is 11.7. The number of ether oxygens (including phenoxy) is 1. The van der Waals surface area contributed by atoms with Crippen LogP contribution in [0.5, 0.6) is 0 Å². The first-order valence-corrected chi connectivity index (χ1v) is 7.95. The molecule has 0 fully saturated rings. The summed E-state index contributed by atoms with van der Waals surface area (Å²) in [4.78, 5) is 20.2. The van der Waals surface area contributed by atoms with Crippen LogP contribution in [0.4, 0.5) is 0 Å². The van der Waals surface area contributed by atoms with Gasteiger partial charge >= 0.3 is 133 Å². The first-order chi connectivity index (χ1) is 8.95. The van der Waals surface area contributed by atoms with Gasteiger partial charge in [0.1, 0.15) is 0 Å². The Hall–Kier alpha value is -0.612. The SMILES string of the molecule is COC(=O)c1nc(-c2csc(C)n2)c(Cl)c([AsH2])c1Cl. The Bertz CT molecular complexity index is 660. The van der Waals surface area contributed by atoms with Crippen LogP contribution in [-0.2, 0) is 4.74 Å². The van der Waals surface area contributed by atoms with Crippen molar-refractivity contribution in [1.82, 2.24) is 9.97 Å². The van der Waals surface area contributed by atoms with Crippen molar-refractivity contribution in [1.29, 1.82) is 0 Å². The predicted molar refractivity (Wildman–Crippen MR) is 79.6 cm³/mol. The fourth-order valence-electron chi connectivity index (χ4n) is 1.44. The van der Waals surface area contributed by atoms with Gasteiger partial charge in [-0.2, -0.15) is 0 Å². The van der Waals surface area contributed by atoms with Crippen LogP contribution in [-0.4, -0.2) is 39.9 Å². The van der Waals surface area contributed by atoms with E-state index in [-0.39, 0.29) is 10.7 Å². The Morgan fingerprint density at radius 1 is 1.37 bits per heavy atom. The van der Waals surface area contributed by atoms with E-state index in [0.717, 1.165) is 5.01 Å². The molecule has 0 N–H and O–H groups in total. The number of halogens is 2. The second-order valence-electron chi connectivity index (χ2n) is 3.59. The average Bonchev–Trinajstić information content (AvgIpc) is 2.82. The molecule has 100 valence electrons. The van der Waals surface area contributed by atoms with E-state index in [4.69, 9.17) is 23.2 Å². The third-order valence-corrected chi connectivity index (χ3v) is 5.87. The molecular formula is C11H9AsCl2N2O2S. The molecule has 0 aliphatic carbocycles. The molecule has 2 aromatic heterocycles. The van der Waals surface area contributed by atoms with Crippen LogP contribution in [0, 0.1) is 6.92 Å². The summed E-state index contributed by atoms with van der Waals surface area (Å²) in [6, 6.07) is 0. The van der Waals surface area contributed by atoms with Crippen LogP contribution >= 0.6 is 34.5 Å². The number of rotatable bonds is 2. The maximum atomic E-state index is 11.7. The normalized spacial score (nSPS) is 10.6. The van der Waals surface area contributed by atoms with E-state index in [9.17, 15) is 4.79 Å². The standard InChI is InChI=1S/C11H9AsCl2N2O2S/c1-4-15-5(3-19-4)9-7(13)6(12)8(14)10(16-9)11(17)18-2/h3H,12H2,1-2H3. The molecule has 0 saturated heterocycles. The number of nitrogens with zero attached hydrogens (tertiary/aromatic N) is 2. The number of aromatic nitrogens is 2. The molecule has 0 spiro atoms. The molecule has 0 amide bonds. The number of methoxy groups -OCH3 is 1. The van der Waals surface area contributed by atoms with Crippen molar-refractivity contribution in [2.75, 3.05) is 7.11 Å². The second kappa shape index (κ2) is 5.79. The minimum absolute atomic E-state index is 0.0635. The summed E-state index contributed by atoms with van der Waals surface area (Å²) < 4.78 is 5.31. The zero-order valence-electron chi connectivity index (χ0n) is 10.0. The Morgan fingerprint density at radius 2 is 2.05 bits per heavy atom. The number of carbonyl (C=O) groups excluding carboxylic acids is 1. The predicted octanol–water partition coefficient (Wildman–Crippen LogP) is 1.87. The van der Waals surface area contributed by atoms with E-state index in [0.29, 0.717) is 20.8 Å². The third-order valence-electron chi connectivity index (χ3n) is 2.35. The van der Waals surface area contributed by atoms with Crippen molar-refractivity contribution in [3.63, 3.8) is 0 Å². The molecular weight excluding hydrogens is 370 g/mol. The van der Waals surface area contributed by atoms with Crippen molar-refractivity contribution < 1.29 is 9.53 Å². The van der Waals surface area contributed by atoms with Gasteiger partial charge in [-0.3, -0.25) is 0 Å². The Kier molecular flexibility index (Phi) is 4.51. The number of esters is 1. The van der Waals surface area contributed by atoms with Gasteiger partial charge in [-0.15, -0.1) is 0 Å². The number of thiazole rings is 1. The monoisotopic (exact) mass is 378 g/mol. The number of aryl methyl sites for hydroxylation is 1. The summed E-state index contributed by atoms with van der Waals surface area (Å²) in [6.45, 7) is 1.88. The minimum atomic E-state index is -0.589. The molecule has 19 heavy (non-hydrogen) atoms. The number of hydrogen-bond donors (Lipinski definition) is 0. The molecule has 2 rings (SSSR count). The molecule has 0 aliphatic heterocycles. The van der Waals surface area contributed by atoms with Crippen molar-refractivity contribution in [2.45, 2.75) is 6.92 Å². The van der Waals surface area contributed by atoms with E-state index in [1.807, 2.05) is 12.3 Å². The summed E-state index contributed by atoms with van der Waals surface area (Å²) in [6.07, 6.45) is 0. The van der Waals surface area contributed by atoms with Gasteiger partial charge < -0.3 is 0 Å². The Morgan fingerprint density at radius 3 is 2.58 bits per heavy atom. The van der Waals surface area contributed by atoms with Gasteiger partial charge in [0, 0.05) is 0 Å². The van der Waals surface area contributed by atoms with Gasteiger partial charge in [0.2, 0.25) is 0 Å². The first kappa shape index (κ1) is 14.8. The summed E-state index contributed by atoms with van der Waals surface area (Å²) >= 11 is 15.0. The number of hydrogen-bond acceptors (Lipinski definition) is 5. The van der Waals surface area contributed by atoms with E-state index >= 15 is 0 Å². The Labute approximate surface area is 132 Å². The van der Waals surface area contributed by atoms with Crippen molar-refractivity contribution in [3.05, 3.63) is 26.1 Å². The molecule has 0 aliphatic rings. The summed E-state index contributed by atoms with van der Waals surface area (Å²) in [7, 11) is 1.28. The molecule has 0 radical (unpaired) electrons. The van der Waals surface area contributed by atoms with Crippen LogP contribution in [0.2, 0.25) is 10.0 Å². The van der Waals surface area contributed by atoms with Gasteiger partial charge in [-0.05, 0) is 0 Å².